The number of halogens is 3. The van der Waals surface area contributed by atoms with Crippen molar-refractivity contribution in [2.45, 2.75) is 18.3 Å². The van der Waals surface area contributed by atoms with Crippen molar-refractivity contribution < 1.29 is 32.3 Å². The SMILES string of the molecule is COc1cccc([C@@H]2[C@H](N3C(=O)c4ccccc4C3=O)C(=O)N2c2cccc(C(F)(F)F)c2)c1. The van der Waals surface area contributed by atoms with E-state index in [0.29, 0.717) is 11.3 Å². The van der Waals surface area contributed by atoms with Crippen LogP contribution in [0.4, 0.5) is 18.9 Å². The van der Waals surface area contributed by atoms with Crippen molar-refractivity contribution >= 4 is 23.4 Å². The molecule has 0 bridgehead atoms. The number of alkyl halides is 3. The first-order valence-electron chi connectivity index (χ1n) is 10.3. The molecule has 1 saturated heterocycles. The highest BCUT2D eigenvalue weighted by Crippen LogP contribution is 2.45. The number of methoxy groups -OCH3 is 1. The van der Waals surface area contributed by atoms with Crippen LogP contribution < -0.4 is 9.64 Å². The number of hydrogen-bond acceptors (Lipinski definition) is 4. The third-order valence-corrected chi connectivity index (χ3v) is 6.06. The second-order valence-corrected chi connectivity index (χ2v) is 7.95. The topological polar surface area (TPSA) is 66.9 Å². The molecule has 6 nitrogen and oxygen atoms in total. The maximum Gasteiger partial charge on any atom is 0.416 e. The molecule has 172 valence electrons. The molecule has 0 aliphatic carbocycles. The van der Waals surface area contributed by atoms with E-state index in [0.717, 1.165) is 17.0 Å². The largest absolute Gasteiger partial charge is 0.497 e. The van der Waals surface area contributed by atoms with Gasteiger partial charge in [0.05, 0.1) is 29.8 Å². The summed E-state index contributed by atoms with van der Waals surface area (Å²) in [6.07, 6.45) is -4.60. The van der Waals surface area contributed by atoms with Crippen LogP contribution in [0.25, 0.3) is 0 Å². The number of anilines is 1. The first-order valence-corrected chi connectivity index (χ1v) is 10.3. The Balaban J connectivity index is 1.60. The van der Waals surface area contributed by atoms with E-state index in [1.165, 1.54) is 36.3 Å². The first kappa shape index (κ1) is 21.7. The van der Waals surface area contributed by atoms with Crippen LogP contribution in [0.1, 0.15) is 37.9 Å². The molecule has 2 heterocycles. The monoisotopic (exact) mass is 466 g/mol. The second kappa shape index (κ2) is 7.72. The van der Waals surface area contributed by atoms with E-state index in [9.17, 15) is 27.6 Å². The lowest BCUT2D eigenvalue weighted by Gasteiger charge is -2.49. The minimum Gasteiger partial charge on any atom is -0.497 e. The number of carbonyl (C=O) groups is 3. The molecule has 1 fully saturated rings. The van der Waals surface area contributed by atoms with Gasteiger partial charge in [-0.1, -0.05) is 30.3 Å². The van der Waals surface area contributed by atoms with Crippen molar-refractivity contribution in [1.82, 2.24) is 4.90 Å². The van der Waals surface area contributed by atoms with Crippen molar-refractivity contribution in [3.05, 3.63) is 95.1 Å². The average molecular weight is 466 g/mol. The number of ether oxygens (including phenoxy) is 1. The van der Waals surface area contributed by atoms with Gasteiger partial charge in [-0.25, -0.2) is 0 Å². The summed E-state index contributed by atoms with van der Waals surface area (Å²) in [5, 5.41) is 0. The van der Waals surface area contributed by atoms with Crippen LogP contribution in [0.15, 0.2) is 72.8 Å². The highest BCUT2D eigenvalue weighted by atomic mass is 19.4. The van der Waals surface area contributed by atoms with Gasteiger partial charge in [-0.2, -0.15) is 13.2 Å². The molecular formula is C25H17F3N2O4. The predicted octanol–water partition coefficient (Wildman–Crippen LogP) is 4.47. The van der Waals surface area contributed by atoms with Crippen LogP contribution in [0.3, 0.4) is 0 Å². The lowest BCUT2D eigenvalue weighted by molar-refractivity contribution is -0.137. The summed E-state index contributed by atoms with van der Waals surface area (Å²) in [7, 11) is 1.46. The smallest absolute Gasteiger partial charge is 0.416 e. The zero-order chi connectivity index (χ0) is 24.2. The number of fused-ring (bicyclic) bond motifs is 1. The summed E-state index contributed by atoms with van der Waals surface area (Å²) in [5.41, 5.74) is -0.0192. The van der Waals surface area contributed by atoms with E-state index in [1.54, 1.807) is 36.4 Å². The molecule has 2 aliphatic heterocycles. The number of imide groups is 1. The van der Waals surface area contributed by atoms with E-state index in [4.69, 9.17) is 4.74 Å². The Labute approximate surface area is 192 Å². The van der Waals surface area contributed by atoms with Gasteiger partial charge in [-0.3, -0.25) is 19.3 Å². The van der Waals surface area contributed by atoms with E-state index in [1.807, 2.05) is 0 Å². The van der Waals surface area contributed by atoms with E-state index in [-0.39, 0.29) is 16.8 Å². The van der Waals surface area contributed by atoms with Gasteiger partial charge in [-0.05, 0) is 48.0 Å². The van der Waals surface area contributed by atoms with Crippen LogP contribution in [0.5, 0.6) is 5.75 Å². The maximum absolute atomic E-state index is 13.4. The number of hydrogen-bond donors (Lipinski definition) is 0. The number of rotatable bonds is 4. The second-order valence-electron chi connectivity index (χ2n) is 7.95. The van der Waals surface area contributed by atoms with E-state index in [2.05, 4.69) is 0 Å². The Kier molecular flexibility index (Phi) is 4.93. The Morgan fingerprint density at radius 3 is 2.03 bits per heavy atom. The van der Waals surface area contributed by atoms with Crippen molar-refractivity contribution in [2.75, 3.05) is 12.0 Å². The number of carbonyl (C=O) groups excluding carboxylic acids is 3. The third kappa shape index (κ3) is 3.23. The van der Waals surface area contributed by atoms with Crippen LogP contribution in [0, 0.1) is 0 Å². The lowest BCUT2D eigenvalue weighted by atomic mass is 9.86. The molecule has 3 aromatic rings. The molecule has 0 unspecified atom stereocenters. The molecule has 9 heteroatoms. The zero-order valence-corrected chi connectivity index (χ0v) is 17.7. The minimum absolute atomic E-state index is 0.0144. The number of benzene rings is 3. The van der Waals surface area contributed by atoms with E-state index >= 15 is 0 Å². The van der Waals surface area contributed by atoms with Gasteiger partial charge in [0.2, 0.25) is 0 Å². The van der Waals surface area contributed by atoms with Crippen LogP contribution in [-0.2, 0) is 11.0 Å². The number of amides is 3. The average Bonchev–Trinajstić information content (AvgIpc) is 3.07. The fourth-order valence-electron chi connectivity index (χ4n) is 4.46. The van der Waals surface area contributed by atoms with Gasteiger partial charge in [0, 0.05) is 5.69 Å². The summed E-state index contributed by atoms with van der Waals surface area (Å²) < 4.78 is 45.2. The number of nitrogens with zero attached hydrogens (tertiary/aromatic N) is 2. The van der Waals surface area contributed by atoms with Crippen LogP contribution in [-0.4, -0.2) is 35.8 Å². The fraction of sp³-hybridized carbons (Fsp3) is 0.160. The van der Waals surface area contributed by atoms with Gasteiger partial charge >= 0.3 is 6.18 Å². The van der Waals surface area contributed by atoms with E-state index < -0.39 is 41.5 Å². The van der Waals surface area contributed by atoms with Gasteiger partial charge in [-0.15, -0.1) is 0 Å². The van der Waals surface area contributed by atoms with Crippen molar-refractivity contribution in [3.63, 3.8) is 0 Å². The highest BCUT2D eigenvalue weighted by molar-refractivity contribution is 6.24. The third-order valence-electron chi connectivity index (χ3n) is 6.06. The maximum atomic E-state index is 13.4. The fourth-order valence-corrected chi connectivity index (χ4v) is 4.46. The molecule has 0 radical (unpaired) electrons. The molecule has 0 spiro atoms. The predicted molar refractivity (Wildman–Crippen MR) is 115 cm³/mol. The molecule has 0 aromatic heterocycles. The molecule has 3 aromatic carbocycles. The van der Waals surface area contributed by atoms with Gasteiger partial charge in [0.15, 0.2) is 0 Å². The lowest BCUT2D eigenvalue weighted by Crippen LogP contribution is -2.67. The molecular weight excluding hydrogens is 449 g/mol. The quantitative estimate of drug-likeness (QED) is 0.421. The highest BCUT2D eigenvalue weighted by Gasteiger charge is 2.57. The summed E-state index contributed by atoms with van der Waals surface area (Å²) >= 11 is 0. The Morgan fingerprint density at radius 1 is 0.765 bits per heavy atom. The standard InChI is InChI=1S/C25H17F3N2O4/c1-34-17-9-4-6-14(12-17)20-21(30-22(31)18-10-2-3-11-19(18)23(30)32)24(33)29(20)16-8-5-7-15(13-16)25(26,27)28/h2-13,20-21H,1H3/t20-,21+/m1/s1. The van der Waals surface area contributed by atoms with Gasteiger partial charge < -0.3 is 9.64 Å². The number of β-lactam (4-membered cyclic amide) rings is 1. The molecule has 2 aliphatic rings. The molecule has 34 heavy (non-hydrogen) atoms. The summed E-state index contributed by atoms with van der Waals surface area (Å²) in [4.78, 5) is 41.6. The van der Waals surface area contributed by atoms with Gasteiger partial charge in [0.25, 0.3) is 17.7 Å². The summed E-state index contributed by atoms with van der Waals surface area (Å²) in [6.45, 7) is 0. The van der Waals surface area contributed by atoms with Crippen LogP contribution in [0.2, 0.25) is 0 Å². The first-order chi connectivity index (χ1) is 16.2. The molecule has 2 atom stereocenters. The Bertz CT molecular complexity index is 1300. The Morgan fingerprint density at radius 2 is 1.41 bits per heavy atom. The Hall–Kier alpha value is -4.14. The molecule has 3 amide bonds. The van der Waals surface area contributed by atoms with Crippen molar-refractivity contribution in [2.24, 2.45) is 0 Å². The minimum atomic E-state index is -4.60. The summed E-state index contributed by atoms with van der Waals surface area (Å²) in [6, 6.07) is 15.2. The molecule has 5 rings (SSSR count). The molecule has 0 N–H and O–H groups in total. The van der Waals surface area contributed by atoms with Crippen molar-refractivity contribution in [1.29, 1.82) is 0 Å². The normalized spacial score (nSPS) is 19.8. The summed E-state index contributed by atoms with van der Waals surface area (Å²) in [5.74, 6) is -1.42. The van der Waals surface area contributed by atoms with Crippen molar-refractivity contribution in [3.8, 4) is 5.75 Å². The molecule has 0 saturated carbocycles. The van der Waals surface area contributed by atoms with Gasteiger partial charge in [0.1, 0.15) is 11.8 Å². The zero-order valence-electron chi connectivity index (χ0n) is 17.7. The van der Waals surface area contributed by atoms with Crippen LogP contribution >= 0.6 is 0 Å².